The Kier molecular flexibility index (Phi) is 7.16. The van der Waals surface area contributed by atoms with Gasteiger partial charge in [-0.3, -0.25) is 4.79 Å². The number of nitrogens with zero attached hydrogens (tertiary/aromatic N) is 2. The molecule has 1 saturated carbocycles. The van der Waals surface area contributed by atoms with Gasteiger partial charge < -0.3 is 10.6 Å². The Balaban J connectivity index is 1.85. The molecule has 0 saturated heterocycles. The summed E-state index contributed by atoms with van der Waals surface area (Å²) in [5, 5.41) is 4.41. The molecule has 2 aromatic rings. The van der Waals surface area contributed by atoms with Crippen molar-refractivity contribution in [1.82, 2.24) is 15.3 Å². The molecule has 1 fully saturated rings. The largest absolute Gasteiger partial charge is 0.434 e. The SMILES string of the molecule is O=C(NCC1CCCCC1)c1cnc(Nc2ccc(Cl)cc2C(F)(F)F)nc1C(F)(F)F. The summed E-state index contributed by atoms with van der Waals surface area (Å²) in [6.07, 6.45) is -4.33. The minimum atomic E-state index is -5.02. The molecule has 0 spiro atoms. The number of hydrogen-bond acceptors (Lipinski definition) is 4. The molecule has 5 nitrogen and oxygen atoms in total. The van der Waals surface area contributed by atoms with E-state index in [1.807, 2.05) is 0 Å². The topological polar surface area (TPSA) is 66.9 Å². The Morgan fingerprint density at radius 2 is 1.75 bits per heavy atom. The fraction of sp³-hybridized carbons (Fsp3) is 0.450. The van der Waals surface area contributed by atoms with Gasteiger partial charge in [0.25, 0.3) is 5.91 Å². The summed E-state index contributed by atoms with van der Waals surface area (Å²) in [4.78, 5) is 19.3. The zero-order valence-corrected chi connectivity index (χ0v) is 17.3. The van der Waals surface area contributed by atoms with Crippen molar-refractivity contribution in [2.45, 2.75) is 44.5 Å². The second kappa shape index (κ2) is 9.51. The lowest BCUT2D eigenvalue weighted by Crippen LogP contribution is -2.32. The molecule has 174 valence electrons. The second-order valence-electron chi connectivity index (χ2n) is 7.48. The number of benzene rings is 1. The average Bonchev–Trinajstić information content (AvgIpc) is 2.72. The molecule has 1 aromatic heterocycles. The van der Waals surface area contributed by atoms with Gasteiger partial charge in [0.05, 0.1) is 16.8 Å². The molecule has 0 unspecified atom stereocenters. The van der Waals surface area contributed by atoms with Crippen molar-refractivity contribution in [3.05, 3.63) is 46.2 Å². The van der Waals surface area contributed by atoms with Gasteiger partial charge in [-0.2, -0.15) is 26.3 Å². The van der Waals surface area contributed by atoms with Gasteiger partial charge >= 0.3 is 12.4 Å². The zero-order valence-electron chi connectivity index (χ0n) is 16.6. The van der Waals surface area contributed by atoms with Crippen LogP contribution in [0.1, 0.15) is 53.7 Å². The van der Waals surface area contributed by atoms with Gasteiger partial charge in [-0.15, -0.1) is 0 Å². The van der Waals surface area contributed by atoms with E-state index in [0.29, 0.717) is 12.3 Å². The number of aromatic nitrogens is 2. The minimum absolute atomic E-state index is 0.189. The highest BCUT2D eigenvalue weighted by Gasteiger charge is 2.39. The van der Waals surface area contributed by atoms with E-state index < -0.39 is 46.7 Å². The van der Waals surface area contributed by atoms with E-state index >= 15 is 0 Å². The smallest absolute Gasteiger partial charge is 0.352 e. The monoisotopic (exact) mass is 480 g/mol. The first-order chi connectivity index (χ1) is 14.9. The standard InChI is InChI=1S/C20H19ClF6N4O/c21-12-6-7-15(14(8-12)19(22,23)24)30-18-29-10-13(16(31-18)20(25,26)27)17(32)28-9-11-4-2-1-3-5-11/h6-8,10-11H,1-5,9H2,(H,28,32)(H,29,30,31). The summed E-state index contributed by atoms with van der Waals surface area (Å²) in [7, 11) is 0. The number of anilines is 2. The van der Waals surface area contributed by atoms with E-state index in [-0.39, 0.29) is 17.5 Å². The number of carbonyl (C=O) groups is 1. The highest BCUT2D eigenvalue weighted by atomic mass is 35.5. The summed E-state index contributed by atoms with van der Waals surface area (Å²) < 4.78 is 80.4. The summed E-state index contributed by atoms with van der Waals surface area (Å²) in [6, 6.07) is 2.71. The fourth-order valence-electron chi connectivity index (χ4n) is 3.53. The van der Waals surface area contributed by atoms with Crippen LogP contribution in [0, 0.1) is 5.92 Å². The molecule has 1 heterocycles. The van der Waals surface area contributed by atoms with E-state index in [0.717, 1.165) is 44.2 Å². The quantitative estimate of drug-likeness (QED) is 0.498. The minimum Gasteiger partial charge on any atom is -0.352 e. The van der Waals surface area contributed by atoms with E-state index in [4.69, 9.17) is 11.6 Å². The maximum Gasteiger partial charge on any atom is 0.434 e. The molecule has 0 aliphatic heterocycles. The molecular weight excluding hydrogens is 462 g/mol. The molecule has 2 N–H and O–H groups in total. The number of carbonyl (C=O) groups excluding carboxylic acids is 1. The van der Waals surface area contributed by atoms with Crippen LogP contribution in [0.5, 0.6) is 0 Å². The molecule has 32 heavy (non-hydrogen) atoms. The van der Waals surface area contributed by atoms with Crippen molar-refractivity contribution >= 4 is 29.1 Å². The lowest BCUT2D eigenvalue weighted by atomic mass is 9.89. The van der Waals surface area contributed by atoms with Crippen molar-refractivity contribution in [2.24, 2.45) is 5.92 Å². The van der Waals surface area contributed by atoms with Crippen LogP contribution < -0.4 is 10.6 Å². The van der Waals surface area contributed by atoms with Crippen molar-refractivity contribution in [2.75, 3.05) is 11.9 Å². The van der Waals surface area contributed by atoms with Crippen LogP contribution in [0.2, 0.25) is 5.02 Å². The Morgan fingerprint density at radius 1 is 1.06 bits per heavy atom. The third-order valence-corrected chi connectivity index (χ3v) is 5.35. The summed E-state index contributed by atoms with van der Waals surface area (Å²) >= 11 is 5.60. The van der Waals surface area contributed by atoms with Crippen LogP contribution >= 0.6 is 11.6 Å². The zero-order chi connectivity index (χ0) is 23.5. The van der Waals surface area contributed by atoms with Crippen LogP contribution in [0.15, 0.2) is 24.4 Å². The molecular formula is C20H19ClF6N4O. The number of rotatable bonds is 5. The van der Waals surface area contributed by atoms with Crippen molar-refractivity contribution in [3.63, 3.8) is 0 Å². The number of nitrogens with one attached hydrogen (secondary N) is 2. The molecule has 0 radical (unpaired) electrons. The van der Waals surface area contributed by atoms with Crippen LogP contribution in [0.4, 0.5) is 38.0 Å². The van der Waals surface area contributed by atoms with Gasteiger partial charge in [-0.05, 0) is 37.0 Å². The van der Waals surface area contributed by atoms with Gasteiger partial charge in [0.1, 0.15) is 0 Å². The maximum absolute atomic E-state index is 13.5. The number of halogens is 7. The predicted molar refractivity (Wildman–Crippen MR) is 106 cm³/mol. The lowest BCUT2D eigenvalue weighted by Gasteiger charge is -2.22. The third kappa shape index (κ3) is 6.02. The van der Waals surface area contributed by atoms with Crippen molar-refractivity contribution in [1.29, 1.82) is 0 Å². The highest BCUT2D eigenvalue weighted by molar-refractivity contribution is 6.30. The van der Waals surface area contributed by atoms with Gasteiger partial charge in [0.2, 0.25) is 5.95 Å². The Morgan fingerprint density at radius 3 is 2.38 bits per heavy atom. The van der Waals surface area contributed by atoms with E-state index in [1.165, 1.54) is 0 Å². The van der Waals surface area contributed by atoms with Crippen LogP contribution in [-0.4, -0.2) is 22.4 Å². The molecule has 1 amide bonds. The Bertz CT molecular complexity index is 974. The van der Waals surface area contributed by atoms with Crippen LogP contribution in [-0.2, 0) is 12.4 Å². The first-order valence-corrected chi connectivity index (χ1v) is 10.2. The van der Waals surface area contributed by atoms with Gasteiger partial charge in [0, 0.05) is 17.8 Å². The first kappa shape index (κ1) is 24.1. The maximum atomic E-state index is 13.5. The van der Waals surface area contributed by atoms with Crippen molar-refractivity contribution < 1.29 is 31.1 Å². The molecule has 0 atom stereocenters. The predicted octanol–water partition coefficient (Wildman–Crippen LogP) is 6.22. The molecule has 1 aliphatic rings. The normalized spacial score (nSPS) is 15.5. The van der Waals surface area contributed by atoms with Crippen molar-refractivity contribution in [3.8, 4) is 0 Å². The Hall–Kier alpha value is -2.56. The van der Waals surface area contributed by atoms with E-state index in [1.54, 1.807) is 0 Å². The Labute approximate surface area is 184 Å². The number of amides is 1. The van der Waals surface area contributed by atoms with E-state index in [9.17, 15) is 31.1 Å². The second-order valence-corrected chi connectivity index (χ2v) is 7.92. The molecule has 3 rings (SSSR count). The van der Waals surface area contributed by atoms with Gasteiger partial charge in [-0.1, -0.05) is 30.9 Å². The fourth-order valence-corrected chi connectivity index (χ4v) is 3.70. The van der Waals surface area contributed by atoms with Gasteiger partial charge in [-0.25, -0.2) is 9.97 Å². The van der Waals surface area contributed by atoms with Crippen LogP contribution in [0.3, 0.4) is 0 Å². The number of hydrogen-bond donors (Lipinski definition) is 2. The number of alkyl halides is 6. The lowest BCUT2D eigenvalue weighted by molar-refractivity contribution is -0.141. The first-order valence-electron chi connectivity index (χ1n) is 9.81. The summed E-state index contributed by atoms with van der Waals surface area (Å²) in [5.41, 5.74) is -4.12. The third-order valence-electron chi connectivity index (χ3n) is 5.11. The molecule has 12 heteroatoms. The molecule has 0 bridgehead atoms. The molecule has 1 aliphatic carbocycles. The van der Waals surface area contributed by atoms with Gasteiger partial charge in [0.15, 0.2) is 5.69 Å². The summed E-state index contributed by atoms with van der Waals surface area (Å²) in [5.74, 6) is -1.54. The average molecular weight is 481 g/mol. The molecule has 1 aromatic carbocycles. The van der Waals surface area contributed by atoms with E-state index in [2.05, 4.69) is 20.6 Å². The van der Waals surface area contributed by atoms with Crippen LogP contribution in [0.25, 0.3) is 0 Å². The highest BCUT2D eigenvalue weighted by Crippen LogP contribution is 2.38. The summed E-state index contributed by atoms with van der Waals surface area (Å²) in [6.45, 7) is 0.232.